The number of nitrogens with zero attached hydrogens (tertiary/aromatic N) is 1. The average molecular weight is 237 g/mol. The first-order valence-corrected chi connectivity index (χ1v) is 6.04. The highest BCUT2D eigenvalue weighted by molar-refractivity contribution is 5.82. The van der Waals surface area contributed by atoms with E-state index >= 15 is 0 Å². The summed E-state index contributed by atoms with van der Waals surface area (Å²) in [6.45, 7) is 0.831. The Morgan fingerprint density at radius 1 is 0.944 bits per heavy atom. The Labute approximate surface area is 106 Å². The van der Waals surface area contributed by atoms with E-state index in [2.05, 4.69) is 59.2 Å². The molecule has 0 aliphatic heterocycles. The highest BCUT2D eigenvalue weighted by Gasteiger charge is 2.08. The smallest absolute Gasteiger partial charge is 0.194 e. The Morgan fingerprint density at radius 2 is 1.67 bits per heavy atom. The zero-order chi connectivity index (χ0) is 12.4. The molecule has 3 rings (SSSR count). The highest BCUT2D eigenvalue weighted by Crippen LogP contribution is 2.26. The monoisotopic (exact) mass is 237 g/mol. The maximum Gasteiger partial charge on any atom is 0.194 e. The molecule has 2 nitrogen and oxygen atoms in total. The van der Waals surface area contributed by atoms with Gasteiger partial charge in [0, 0.05) is 11.5 Å². The van der Waals surface area contributed by atoms with E-state index in [1.54, 1.807) is 7.11 Å². The first-order chi connectivity index (χ1) is 8.88. The van der Waals surface area contributed by atoms with Crippen LogP contribution >= 0.6 is 0 Å². The molecule has 0 bridgehead atoms. The van der Waals surface area contributed by atoms with Gasteiger partial charge in [-0.25, -0.2) is 0 Å². The summed E-state index contributed by atoms with van der Waals surface area (Å²) in [5.74, 6) is 0.903. The molecule has 0 unspecified atom stereocenters. The van der Waals surface area contributed by atoms with Crippen molar-refractivity contribution < 1.29 is 4.74 Å². The lowest BCUT2D eigenvalue weighted by atomic mass is 10.2. The van der Waals surface area contributed by atoms with Gasteiger partial charge in [0.1, 0.15) is 0 Å². The molecule has 18 heavy (non-hydrogen) atoms. The lowest BCUT2D eigenvalue weighted by molar-refractivity contribution is 0.380. The van der Waals surface area contributed by atoms with Crippen LogP contribution in [0, 0.1) is 0 Å². The summed E-state index contributed by atoms with van der Waals surface area (Å²) < 4.78 is 7.66. The van der Waals surface area contributed by atoms with Gasteiger partial charge in [-0.2, -0.15) is 0 Å². The van der Waals surface area contributed by atoms with Crippen molar-refractivity contribution >= 4 is 10.9 Å². The summed E-state index contributed by atoms with van der Waals surface area (Å²) in [7, 11) is 1.72. The predicted octanol–water partition coefficient (Wildman–Crippen LogP) is 3.70. The Kier molecular flexibility index (Phi) is 2.77. The molecule has 2 aromatic carbocycles. The Balaban J connectivity index is 2.10. The number of benzene rings is 2. The Morgan fingerprint density at radius 3 is 2.44 bits per heavy atom. The van der Waals surface area contributed by atoms with Crippen LogP contribution in [0.5, 0.6) is 5.88 Å². The lowest BCUT2D eigenvalue weighted by Crippen LogP contribution is -2.01. The molecule has 0 fully saturated rings. The van der Waals surface area contributed by atoms with Gasteiger partial charge in [-0.05, 0) is 11.6 Å². The number of aromatic nitrogens is 1. The van der Waals surface area contributed by atoms with E-state index in [-0.39, 0.29) is 0 Å². The van der Waals surface area contributed by atoms with Crippen molar-refractivity contribution in [3.63, 3.8) is 0 Å². The molecular weight excluding hydrogens is 222 g/mol. The summed E-state index contributed by atoms with van der Waals surface area (Å²) in [4.78, 5) is 0. The molecule has 2 heteroatoms. The second kappa shape index (κ2) is 4.57. The Bertz CT molecular complexity index is 655. The third-order valence-electron chi connectivity index (χ3n) is 3.17. The molecular formula is C16H15NO. The minimum Gasteiger partial charge on any atom is -0.482 e. The molecule has 0 atom stereocenters. The molecule has 0 radical (unpaired) electrons. The number of hydrogen-bond acceptors (Lipinski definition) is 1. The van der Waals surface area contributed by atoms with Gasteiger partial charge in [-0.3, -0.25) is 0 Å². The van der Waals surface area contributed by atoms with Crippen molar-refractivity contribution in [2.24, 2.45) is 0 Å². The fourth-order valence-electron chi connectivity index (χ4n) is 2.28. The highest BCUT2D eigenvalue weighted by atomic mass is 16.5. The van der Waals surface area contributed by atoms with Crippen molar-refractivity contribution in [3.8, 4) is 5.88 Å². The largest absolute Gasteiger partial charge is 0.482 e. The fourth-order valence-corrected chi connectivity index (χ4v) is 2.28. The third-order valence-corrected chi connectivity index (χ3v) is 3.17. The summed E-state index contributed by atoms with van der Waals surface area (Å²) in [5, 5.41) is 1.21. The van der Waals surface area contributed by atoms with Gasteiger partial charge < -0.3 is 9.30 Å². The number of methoxy groups -OCH3 is 1. The molecule has 0 amide bonds. The topological polar surface area (TPSA) is 14.2 Å². The molecule has 1 aromatic heterocycles. The van der Waals surface area contributed by atoms with Gasteiger partial charge in [0.05, 0.1) is 19.2 Å². The van der Waals surface area contributed by atoms with Gasteiger partial charge in [0.25, 0.3) is 0 Å². The lowest BCUT2D eigenvalue weighted by Gasteiger charge is -2.09. The van der Waals surface area contributed by atoms with E-state index in [0.29, 0.717) is 0 Å². The summed E-state index contributed by atoms with van der Waals surface area (Å²) in [5.41, 5.74) is 2.48. The van der Waals surface area contributed by atoms with Crippen LogP contribution in [-0.4, -0.2) is 11.7 Å². The zero-order valence-electron chi connectivity index (χ0n) is 10.3. The second-order valence-electron chi connectivity index (χ2n) is 4.32. The van der Waals surface area contributed by atoms with Crippen LogP contribution in [0.4, 0.5) is 0 Å². The van der Waals surface area contributed by atoms with Crippen molar-refractivity contribution in [3.05, 3.63) is 66.2 Å². The Hall–Kier alpha value is -2.22. The van der Waals surface area contributed by atoms with Gasteiger partial charge >= 0.3 is 0 Å². The molecule has 0 aliphatic carbocycles. The molecule has 0 N–H and O–H groups in total. The van der Waals surface area contributed by atoms with E-state index in [0.717, 1.165) is 12.4 Å². The summed E-state index contributed by atoms with van der Waals surface area (Å²) in [6.07, 6.45) is 0. The van der Waals surface area contributed by atoms with Crippen LogP contribution in [-0.2, 0) is 6.54 Å². The maximum absolute atomic E-state index is 5.47. The van der Waals surface area contributed by atoms with Crippen molar-refractivity contribution in [2.75, 3.05) is 7.11 Å². The number of fused-ring (bicyclic) bond motifs is 1. The quantitative estimate of drug-likeness (QED) is 0.677. The van der Waals surface area contributed by atoms with Crippen LogP contribution in [0.3, 0.4) is 0 Å². The first kappa shape index (κ1) is 10.9. The molecule has 0 saturated heterocycles. The molecule has 90 valence electrons. The molecule has 3 aromatic rings. The van der Waals surface area contributed by atoms with Crippen molar-refractivity contribution in [2.45, 2.75) is 6.54 Å². The first-order valence-electron chi connectivity index (χ1n) is 6.04. The predicted molar refractivity (Wildman–Crippen MR) is 74.0 cm³/mol. The molecule has 0 aliphatic rings. The summed E-state index contributed by atoms with van der Waals surface area (Å²) in [6, 6.07) is 20.9. The van der Waals surface area contributed by atoms with E-state index in [1.807, 2.05) is 6.07 Å². The maximum atomic E-state index is 5.47. The van der Waals surface area contributed by atoms with Crippen molar-refractivity contribution in [1.82, 2.24) is 4.57 Å². The van der Waals surface area contributed by atoms with Gasteiger partial charge in [-0.15, -0.1) is 0 Å². The SMILES string of the molecule is COc1cc2ccccc2n1Cc1ccccc1. The van der Waals surface area contributed by atoms with Gasteiger partial charge in [-0.1, -0.05) is 48.5 Å². The molecule has 1 heterocycles. The normalized spacial score (nSPS) is 10.7. The molecule has 0 saturated carbocycles. The minimum atomic E-state index is 0.831. The number of ether oxygens (including phenoxy) is 1. The summed E-state index contributed by atoms with van der Waals surface area (Å²) >= 11 is 0. The van der Waals surface area contributed by atoms with Gasteiger partial charge in [0.2, 0.25) is 0 Å². The van der Waals surface area contributed by atoms with Crippen molar-refractivity contribution in [1.29, 1.82) is 0 Å². The van der Waals surface area contributed by atoms with Crippen LogP contribution in [0.2, 0.25) is 0 Å². The second-order valence-corrected chi connectivity index (χ2v) is 4.32. The minimum absolute atomic E-state index is 0.831. The number of rotatable bonds is 3. The standard InChI is InChI=1S/C16H15NO/c1-18-16-11-14-9-5-6-10-15(14)17(16)12-13-7-3-2-4-8-13/h2-11H,12H2,1H3. The average Bonchev–Trinajstić information content (AvgIpc) is 2.78. The number of para-hydroxylation sites is 1. The van der Waals surface area contributed by atoms with Crippen LogP contribution in [0.25, 0.3) is 10.9 Å². The van der Waals surface area contributed by atoms with E-state index < -0.39 is 0 Å². The third kappa shape index (κ3) is 1.86. The van der Waals surface area contributed by atoms with E-state index in [1.165, 1.54) is 16.5 Å². The molecule has 0 spiro atoms. The van der Waals surface area contributed by atoms with Gasteiger partial charge in [0.15, 0.2) is 5.88 Å². The van der Waals surface area contributed by atoms with Crippen LogP contribution in [0.15, 0.2) is 60.7 Å². The fraction of sp³-hybridized carbons (Fsp3) is 0.125. The van der Waals surface area contributed by atoms with Crippen LogP contribution < -0.4 is 4.74 Å². The van der Waals surface area contributed by atoms with E-state index in [9.17, 15) is 0 Å². The number of hydrogen-bond donors (Lipinski definition) is 0. The zero-order valence-corrected chi connectivity index (χ0v) is 10.3. The van der Waals surface area contributed by atoms with Crippen LogP contribution in [0.1, 0.15) is 5.56 Å². The van der Waals surface area contributed by atoms with E-state index in [4.69, 9.17) is 4.74 Å².